The Bertz CT molecular complexity index is 1370. The van der Waals surface area contributed by atoms with Crippen LogP contribution in [0.5, 0.6) is 0 Å². The molecular formula is C29H31N3O5. The molecule has 0 radical (unpaired) electrons. The number of aromatic nitrogens is 2. The van der Waals surface area contributed by atoms with Crippen molar-refractivity contribution in [2.24, 2.45) is 0 Å². The Morgan fingerprint density at radius 3 is 2.46 bits per heavy atom. The second-order valence-electron chi connectivity index (χ2n) is 9.46. The SMILES string of the molecule is CCOC(=O)c1[nH]c(C)c(C(O)=C2C(=O)C(=O)N(Cc3cccnc3)[C@H]2c2ccc(C(C)C)cc2)c1C. The van der Waals surface area contributed by atoms with Gasteiger partial charge in [-0.05, 0) is 55.0 Å². The van der Waals surface area contributed by atoms with Gasteiger partial charge in [-0.1, -0.05) is 44.2 Å². The summed E-state index contributed by atoms with van der Waals surface area (Å²) >= 11 is 0. The number of nitrogens with zero attached hydrogens (tertiary/aromatic N) is 2. The molecule has 0 aliphatic carbocycles. The topological polar surface area (TPSA) is 113 Å². The molecule has 4 rings (SSSR count). The quantitative estimate of drug-likeness (QED) is 0.205. The lowest BCUT2D eigenvalue weighted by atomic mass is 9.92. The monoisotopic (exact) mass is 501 g/mol. The lowest BCUT2D eigenvalue weighted by Gasteiger charge is -2.25. The summed E-state index contributed by atoms with van der Waals surface area (Å²) in [6.45, 7) is 9.59. The number of pyridine rings is 1. The highest BCUT2D eigenvalue weighted by atomic mass is 16.5. The number of Topliss-reactive ketones (excluding diaryl/α,β-unsaturated/α-hetero) is 1. The lowest BCUT2D eigenvalue weighted by molar-refractivity contribution is -0.140. The van der Waals surface area contributed by atoms with Gasteiger partial charge in [-0.2, -0.15) is 0 Å². The number of aryl methyl sites for hydroxylation is 1. The number of likely N-dealkylation sites (tertiary alicyclic amines) is 1. The van der Waals surface area contributed by atoms with Gasteiger partial charge in [0.1, 0.15) is 11.5 Å². The van der Waals surface area contributed by atoms with Gasteiger partial charge >= 0.3 is 5.97 Å². The number of carbonyl (C=O) groups excluding carboxylic acids is 3. The Kier molecular flexibility index (Phi) is 7.29. The maximum Gasteiger partial charge on any atom is 0.355 e. The first-order valence-electron chi connectivity index (χ1n) is 12.3. The van der Waals surface area contributed by atoms with Gasteiger partial charge in [0.05, 0.1) is 18.2 Å². The number of H-pyrrole nitrogens is 1. The van der Waals surface area contributed by atoms with Crippen LogP contribution in [0, 0.1) is 13.8 Å². The molecule has 1 aromatic carbocycles. The van der Waals surface area contributed by atoms with Gasteiger partial charge in [0.15, 0.2) is 0 Å². The molecule has 3 heterocycles. The highest BCUT2D eigenvalue weighted by molar-refractivity contribution is 6.46. The second-order valence-corrected chi connectivity index (χ2v) is 9.46. The fraction of sp³-hybridized carbons (Fsp3) is 0.310. The number of aliphatic hydroxyl groups excluding tert-OH is 1. The zero-order valence-electron chi connectivity index (χ0n) is 21.7. The van der Waals surface area contributed by atoms with Crippen LogP contribution in [0.15, 0.2) is 54.4 Å². The van der Waals surface area contributed by atoms with Gasteiger partial charge in [0.2, 0.25) is 0 Å². The molecule has 8 nitrogen and oxygen atoms in total. The molecule has 2 N–H and O–H groups in total. The number of rotatable bonds is 7. The van der Waals surface area contributed by atoms with Crippen molar-refractivity contribution >= 4 is 23.4 Å². The molecule has 1 saturated heterocycles. The highest BCUT2D eigenvalue weighted by Gasteiger charge is 2.46. The van der Waals surface area contributed by atoms with E-state index in [0.29, 0.717) is 28.3 Å². The van der Waals surface area contributed by atoms with Crippen molar-refractivity contribution in [1.29, 1.82) is 0 Å². The van der Waals surface area contributed by atoms with Crippen molar-refractivity contribution in [2.45, 2.75) is 53.1 Å². The molecule has 192 valence electrons. The second kappa shape index (κ2) is 10.4. The van der Waals surface area contributed by atoms with Crippen LogP contribution in [0.1, 0.15) is 76.7 Å². The van der Waals surface area contributed by atoms with E-state index in [0.717, 1.165) is 11.1 Å². The number of ketones is 1. The number of benzene rings is 1. The third-order valence-corrected chi connectivity index (χ3v) is 6.69. The third kappa shape index (κ3) is 4.79. The summed E-state index contributed by atoms with van der Waals surface area (Å²) in [4.78, 5) is 47.7. The van der Waals surface area contributed by atoms with Crippen molar-refractivity contribution in [2.75, 3.05) is 6.61 Å². The molecule has 2 aromatic heterocycles. The smallest absolute Gasteiger partial charge is 0.355 e. The van der Waals surface area contributed by atoms with Crippen LogP contribution in [0.4, 0.5) is 0 Å². The Morgan fingerprint density at radius 1 is 1.16 bits per heavy atom. The number of ether oxygens (including phenoxy) is 1. The molecule has 37 heavy (non-hydrogen) atoms. The summed E-state index contributed by atoms with van der Waals surface area (Å²) in [7, 11) is 0. The van der Waals surface area contributed by atoms with Gasteiger partial charge < -0.3 is 19.7 Å². The summed E-state index contributed by atoms with van der Waals surface area (Å²) in [6.07, 6.45) is 3.28. The van der Waals surface area contributed by atoms with E-state index in [-0.39, 0.29) is 30.2 Å². The Labute approximate surface area is 216 Å². The van der Waals surface area contributed by atoms with Gasteiger partial charge in [-0.3, -0.25) is 14.6 Å². The van der Waals surface area contributed by atoms with Crippen molar-refractivity contribution in [3.05, 3.63) is 93.6 Å². The fourth-order valence-corrected chi connectivity index (χ4v) is 4.79. The Morgan fingerprint density at radius 2 is 1.86 bits per heavy atom. The van der Waals surface area contributed by atoms with Crippen molar-refractivity contribution in [3.63, 3.8) is 0 Å². The number of carbonyl (C=O) groups is 3. The molecular weight excluding hydrogens is 470 g/mol. The lowest BCUT2D eigenvalue weighted by Crippen LogP contribution is -2.29. The molecule has 0 saturated carbocycles. The third-order valence-electron chi connectivity index (χ3n) is 6.69. The van der Waals surface area contributed by atoms with Crippen LogP contribution in [0.3, 0.4) is 0 Å². The van der Waals surface area contributed by atoms with Crippen molar-refractivity contribution in [3.8, 4) is 0 Å². The molecule has 1 fully saturated rings. The van der Waals surface area contributed by atoms with Gasteiger partial charge in [-0.15, -0.1) is 0 Å². The maximum atomic E-state index is 13.4. The number of esters is 1. The summed E-state index contributed by atoms with van der Waals surface area (Å²) in [5.74, 6) is -2.06. The zero-order valence-corrected chi connectivity index (χ0v) is 21.7. The minimum absolute atomic E-state index is 0.0215. The number of aliphatic hydroxyl groups is 1. The summed E-state index contributed by atoms with van der Waals surface area (Å²) < 4.78 is 5.12. The normalized spacial score (nSPS) is 17.0. The molecule has 1 amide bonds. The van der Waals surface area contributed by atoms with E-state index in [1.807, 2.05) is 30.3 Å². The summed E-state index contributed by atoms with van der Waals surface area (Å²) in [5.41, 5.74) is 3.99. The average molecular weight is 502 g/mol. The van der Waals surface area contributed by atoms with E-state index in [2.05, 4.69) is 23.8 Å². The molecule has 1 aliphatic rings. The average Bonchev–Trinajstić information content (AvgIpc) is 3.32. The zero-order chi connectivity index (χ0) is 26.9. The number of nitrogens with one attached hydrogen (secondary N) is 1. The molecule has 0 unspecified atom stereocenters. The first-order chi connectivity index (χ1) is 17.6. The first kappa shape index (κ1) is 25.9. The maximum absolute atomic E-state index is 13.4. The van der Waals surface area contributed by atoms with Crippen LogP contribution in [-0.2, 0) is 20.9 Å². The van der Waals surface area contributed by atoms with Gasteiger partial charge in [0, 0.05) is 30.2 Å². The van der Waals surface area contributed by atoms with Gasteiger partial charge in [0.25, 0.3) is 11.7 Å². The van der Waals surface area contributed by atoms with E-state index in [4.69, 9.17) is 4.74 Å². The molecule has 1 aliphatic heterocycles. The number of hydrogen-bond donors (Lipinski definition) is 2. The van der Waals surface area contributed by atoms with Crippen LogP contribution >= 0.6 is 0 Å². The first-order valence-corrected chi connectivity index (χ1v) is 12.3. The van der Waals surface area contributed by atoms with E-state index in [9.17, 15) is 19.5 Å². The van der Waals surface area contributed by atoms with Crippen LogP contribution in [0.25, 0.3) is 5.76 Å². The Balaban J connectivity index is 1.89. The van der Waals surface area contributed by atoms with E-state index >= 15 is 0 Å². The predicted molar refractivity (Wildman–Crippen MR) is 139 cm³/mol. The standard InChI is InChI=1S/C29H31N3O5/c1-6-37-29(36)24-17(4)22(18(5)31-24)26(33)23-25(21-11-9-20(10-12-21)16(2)3)32(28(35)27(23)34)15-19-8-7-13-30-14-19/h7-14,16,25,31,33H,6,15H2,1-5H3/t25-/m0/s1. The number of hydrogen-bond acceptors (Lipinski definition) is 6. The van der Waals surface area contributed by atoms with Crippen molar-refractivity contribution in [1.82, 2.24) is 14.9 Å². The van der Waals surface area contributed by atoms with Crippen LogP contribution in [-0.4, -0.2) is 44.2 Å². The van der Waals surface area contributed by atoms with E-state index < -0.39 is 23.7 Å². The van der Waals surface area contributed by atoms with E-state index in [1.54, 1.807) is 39.2 Å². The largest absolute Gasteiger partial charge is 0.507 e. The van der Waals surface area contributed by atoms with Crippen LogP contribution in [0.2, 0.25) is 0 Å². The molecule has 8 heteroatoms. The molecule has 1 atom stereocenters. The van der Waals surface area contributed by atoms with E-state index in [1.165, 1.54) is 4.90 Å². The Hall–Kier alpha value is -4.20. The molecule has 0 spiro atoms. The van der Waals surface area contributed by atoms with Crippen LogP contribution < -0.4 is 0 Å². The summed E-state index contributed by atoms with van der Waals surface area (Å²) in [5, 5.41) is 11.5. The predicted octanol–water partition coefficient (Wildman–Crippen LogP) is 4.95. The summed E-state index contributed by atoms with van der Waals surface area (Å²) in [6, 6.07) is 10.5. The molecule has 0 bridgehead atoms. The number of amides is 1. The molecule has 3 aromatic rings. The minimum Gasteiger partial charge on any atom is -0.507 e. The van der Waals surface area contributed by atoms with Gasteiger partial charge in [-0.25, -0.2) is 4.79 Å². The number of aromatic amines is 1. The fourth-order valence-electron chi connectivity index (χ4n) is 4.79. The minimum atomic E-state index is -0.818. The van der Waals surface area contributed by atoms with Crippen molar-refractivity contribution < 1.29 is 24.2 Å². The highest BCUT2D eigenvalue weighted by Crippen LogP contribution is 2.42.